The van der Waals surface area contributed by atoms with Crippen molar-refractivity contribution in [2.75, 3.05) is 12.9 Å². The molecule has 0 spiro atoms. The van der Waals surface area contributed by atoms with Gasteiger partial charge in [-0.15, -0.1) is 21.5 Å². The van der Waals surface area contributed by atoms with Gasteiger partial charge in [0.05, 0.1) is 22.8 Å². The lowest BCUT2D eigenvalue weighted by atomic mass is 10.1. The van der Waals surface area contributed by atoms with Gasteiger partial charge >= 0.3 is 0 Å². The molecule has 148 valence electrons. The van der Waals surface area contributed by atoms with Crippen molar-refractivity contribution in [1.82, 2.24) is 14.8 Å². The molecule has 4 aromatic rings. The SMILES string of the molecule is COc1ccc2c(Cl)c(-c3nnc(SCC(=O)c4ccc(F)cc4)n3C)sc2c1. The van der Waals surface area contributed by atoms with Gasteiger partial charge < -0.3 is 9.30 Å². The predicted octanol–water partition coefficient (Wildman–Crippen LogP) is 5.47. The highest BCUT2D eigenvalue weighted by molar-refractivity contribution is 7.99. The van der Waals surface area contributed by atoms with Crippen LogP contribution in [0.2, 0.25) is 5.02 Å². The number of hydrogen-bond donors (Lipinski definition) is 0. The second-order valence-corrected chi connectivity index (χ2v) is 8.56. The number of carbonyl (C=O) groups is 1. The monoisotopic (exact) mass is 447 g/mol. The number of ether oxygens (including phenoxy) is 1. The Hall–Kier alpha value is -2.42. The van der Waals surface area contributed by atoms with Crippen LogP contribution < -0.4 is 4.74 Å². The molecule has 0 atom stereocenters. The van der Waals surface area contributed by atoms with E-state index in [1.54, 1.807) is 7.11 Å². The van der Waals surface area contributed by atoms with Crippen LogP contribution in [-0.4, -0.2) is 33.4 Å². The summed E-state index contributed by atoms with van der Waals surface area (Å²) in [5.41, 5.74) is 0.461. The summed E-state index contributed by atoms with van der Waals surface area (Å²) < 4.78 is 21.1. The quantitative estimate of drug-likeness (QED) is 0.289. The largest absolute Gasteiger partial charge is 0.497 e. The summed E-state index contributed by atoms with van der Waals surface area (Å²) in [6.45, 7) is 0. The average Bonchev–Trinajstić information content (AvgIpc) is 3.25. The number of methoxy groups -OCH3 is 1. The van der Waals surface area contributed by atoms with E-state index in [1.165, 1.54) is 47.4 Å². The number of ketones is 1. The van der Waals surface area contributed by atoms with E-state index < -0.39 is 0 Å². The van der Waals surface area contributed by atoms with Crippen LogP contribution in [0.5, 0.6) is 5.75 Å². The van der Waals surface area contributed by atoms with Crippen LogP contribution in [-0.2, 0) is 7.05 Å². The highest BCUT2D eigenvalue weighted by Crippen LogP contribution is 2.42. The molecule has 2 aromatic heterocycles. The third-order valence-corrected chi connectivity index (χ3v) is 7.05. The van der Waals surface area contributed by atoms with Crippen LogP contribution in [0.1, 0.15) is 10.4 Å². The number of hydrogen-bond acceptors (Lipinski definition) is 6. The fraction of sp³-hybridized carbons (Fsp3) is 0.150. The van der Waals surface area contributed by atoms with Crippen LogP contribution >= 0.6 is 34.7 Å². The van der Waals surface area contributed by atoms with Gasteiger partial charge in [0.1, 0.15) is 11.6 Å². The minimum Gasteiger partial charge on any atom is -0.497 e. The summed E-state index contributed by atoms with van der Waals surface area (Å²) in [6, 6.07) is 11.2. The second kappa shape index (κ2) is 8.14. The lowest BCUT2D eigenvalue weighted by Gasteiger charge is -2.03. The summed E-state index contributed by atoms with van der Waals surface area (Å²) in [6.07, 6.45) is 0. The first-order valence-corrected chi connectivity index (χ1v) is 10.7. The van der Waals surface area contributed by atoms with Gasteiger partial charge in [0.2, 0.25) is 0 Å². The lowest BCUT2D eigenvalue weighted by Crippen LogP contribution is -2.04. The standard InChI is InChI=1S/C20H15ClFN3O2S2/c1-25-19(18-17(21)14-8-7-13(27-2)9-16(14)29-18)23-24-20(25)28-10-15(26)11-3-5-12(22)6-4-11/h3-9H,10H2,1-2H3. The Labute approximate surface area is 179 Å². The topological polar surface area (TPSA) is 57.0 Å². The molecule has 9 heteroatoms. The smallest absolute Gasteiger partial charge is 0.191 e. The molecule has 0 bridgehead atoms. The van der Waals surface area contributed by atoms with E-state index in [9.17, 15) is 9.18 Å². The first-order chi connectivity index (χ1) is 14.0. The van der Waals surface area contributed by atoms with Crippen LogP contribution in [0.4, 0.5) is 4.39 Å². The average molecular weight is 448 g/mol. The maximum absolute atomic E-state index is 13.0. The molecule has 0 aliphatic rings. The fourth-order valence-electron chi connectivity index (χ4n) is 2.80. The lowest BCUT2D eigenvalue weighted by molar-refractivity contribution is 0.102. The third kappa shape index (κ3) is 3.88. The molecule has 0 fully saturated rings. The van der Waals surface area contributed by atoms with Crippen molar-refractivity contribution in [3.8, 4) is 16.5 Å². The molecule has 0 saturated heterocycles. The number of benzene rings is 2. The normalized spacial score (nSPS) is 11.2. The highest BCUT2D eigenvalue weighted by Gasteiger charge is 2.20. The molecule has 5 nitrogen and oxygen atoms in total. The van der Waals surface area contributed by atoms with E-state index in [1.807, 2.05) is 29.8 Å². The number of thioether (sulfide) groups is 1. The van der Waals surface area contributed by atoms with Crippen LogP contribution in [0, 0.1) is 5.82 Å². The Morgan fingerprint density at radius 3 is 2.72 bits per heavy atom. The molecular weight excluding hydrogens is 433 g/mol. The van der Waals surface area contributed by atoms with Gasteiger partial charge in [-0.3, -0.25) is 4.79 Å². The number of carbonyl (C=O) groups excluding carboxylic acids is 1. The van der Waals surface area contributed by atoms with Crippen LogP contribution in [0.3, 0.4) is 0 Å². The number of aromatic nitrogens is 3. The number of nitrogens with zero attached hydrogens (tertiary/aromatic N) is 3. The van der Waals surface area contributed by atoms with Crippen LogP contribution in [0.15, 0.2) is 47.6 Å². The predicted molar refractivity (Wildman–Crippen MR) is 115 cm³/mol. The molecule has 0 saturated carbocycles. The van der Waals surface area contributed by atoms with Crippen LogP contribution in [0.25, 0.3) is 20.8 Å². The van der Waals surface area contributed by atoms with Crippen molar-refractivity contribution < 1.29 is 13.9 Å². The number of rotatable bonds is 6. The molecular formula is C20H15ClFN3O2S2. The molecule has 0 N–H and O–H groups in total. The van der Waals surface area contributed by atoms with Crippen molar-refractivity contribution in [3.05, 3.63) is 58.9 Å². The van der Waals surface area contributed by atoms with Crippen molar-refractivity contribution >= 4 is 50.6 Å². The van der Waals surface area contributed by atoms with Gasteiger partial charge in [-0.25, -0.2) is 4.39 Å². The van der Waals surface area contributed by atoms with E-state index in [2.05, 4.69) is 10.2 Å². The molecule has 0 radical (unpaired) electrons. The van der Waals surface area contributed by atoms with E-state index in [0.717, 1.165) is 20.7 Å². The van der Waals surface area contributed by atoms with E-state index in [0.29, 0.717) is 21.6 Å². The number of thiophene rings is 1. The van der Waals surface area contributed by atoms with Crippen molar-refractivity contribution in [2.24, 2.45) is 7.05 Å². The highest BCUT2D eigenvalue weighted by atomic mass is 35.5. The van der Waals surface area contributed by atoms with Crippen molar-refractivity contribution in [2.45, 2.75) is 5.16 Å². The molecule has 0 aliphatic heterocycles. The molecule has 0 amide bonds. The third-order valence-electron chi connectivity index (χ3n) is 4.37. The number of Topliss-reactive ketones (excluding diaryl/α,β-unsaturated/α-hetero) is 1. The zero-order chi connectivity index (χ0) is 20.5. The number of fused-ring (bicyclic) bond motifs is 1. The Bertz CT molecular complexity index is 1200. The van der Waals surface area contributed by atoms with E-state index >= 15 is 0 Å². The molecule has 2 aromatic carbocycles. The minimum atomic E-state index is -0.370. The van der Waals surface area contributed by atoms with Crippen molar-refractivity contribution in [1.29, 1.82) is 0 Å². The van der Waals surface area contributed by atoms with Gasteiger partial charge in [0.25, 0.3) is 0 Å². The molecule has 2 heterocycles. The molecule has 0 aliphatic carbocycles. The van der Waals surface area contributed by atoms with Gasteiger partial charge in [-0.05, 0) is 42.5 Å². The summed E-state index contributed by atoms with van der Waals surface area (Å²) in [7, 11) is 3.46. The minimum absolute atomic E-state index is 0.105. The molecule has 29 heavy (non-hydrogen) atoms. The fourth-order valence-corrected chi connectivity index (χ4v) is 5.17. The zero-order valence-electron chi connectivity index (χ0n) is 15.5. The van der Waals surface area contributed by atoms with Gasteiger partial charge in [-0.2, -0.15) is 0 Å². The summed E-state index contributed by atoms with van der Waals surface area (Å²) in [5, 5.41) is 10.6. The first kappa shape index (κ1) is 19.9. The molecule has 4 rings (SSSR count). The Morgan fingerprint density at radius 2 is 2.00 bits per heavy atom. The maximum Gasteiger partial charge on any atom is 0.191 e. The molecule has 0 unspecified atom stereocenters. The first-order valence-electron chi connectivity index (χ1n) is 8.55. The summed E-state index contributed by atoms with van der Waals surface area (Å²) >= 11 is 9.37. The Balaban J connectivity index is 1.57. The van der Waals surface area contributed by atoms with Gasteiger partial charge in [0, 0.05) is 22.7 Å². The summed E-state index contributed by atoms with van der Waals surface area (Å²) in [5.74, 6) is 1.09. The van der Waals surface area contributed by atoms with Gasteiger partial charge in [-0.1, -0.05) is 23.4 Å². The number of halogens is 2. The van der Waals surface area contributed by atoms with Crippen molar-refractivity contribution in [3.63, 3.8) is 0 Å². The van der Waals surface area contributed by atoms with Gasteiger partial charge in [0.15, 0.2) is 16.8 Å². The van der Waals surface area contributed by atoms with E-state index in [-0.39, 0.29) is 17.4 Å². The van der Waals surface area contributed by atoms with E-state index in [4.69, 9.17) is 16.3 Å². The zero-order valence-corrected chi connectivity index (χ0v) is 17.9. The Morgan fingerprint density at radius 1 is 1.24 bits per heavy atom. The summed E-state index contributed by atoms with van der Waals surface area (Å²) in [4.78, 5) is 13.1. The second-order valence-electron chi connectivity index (χ2n) is 6.19. The maximum atomic E-state index is 13.0. The Kier molecular flexibility index (Phi) is 5.58.